The molecular formula is C39H62N4O5S. The number of nitrogens with one attached hydrogen (secondary N) is 1. The first-order valence-electron chi connectivity index (χ1n) is 18.1. The summed E-state index contributed by atoms with van der Waals surface area (Å²) in [5.41, 5.74) is 8.72. The van der Waals surface area contributed by atoms with Crippen LogP contribution in [0, 0.1) is 17.8 Å². The third-order valence-corrected chi connectivity index (χ3v) is 11.8. The first kappa shape index (κ1) is 40.8. The Kier molecular flexibility index (Phi) is 16.4. The first-order chi connectivity index (χ1) is 23.4. The molecule has 1 fully saturated rings. The maximum absolute atomic E-state index is 14.1. The van der Waals surface area contributed by atoms with Crippen LogP contribution in [0.3, 0.4) is 0 Å². The van der Waals surface area contributed by atoms with E-state index in [0.29, 0.717) is 13.0 Å². The molecule has 1 aromatic rings. The number of rotatable bonds is 17. The number of carbonyl (C=O) groups is 3. The fraction of sp³-hybridized carbons (Fsp3) is 0.667. The van der Waals surface area contributed by atoms with E-state index in [9.17, 15) is 14.4 Å². The highest BCUT2D eigenvalue weighted by molar-refractivity contribution is 8.05. The molecule has 0 bridgehead atoms. The minimum Gasteiger partial charge on any atom is -0.379 e. The standard InChI is InChI=1S/C39H62N4O5S/c1-10-26(4)35(42(7)39(46)34(40)25(2)3)32(47-8)24-33(44)43-21-16-20-31(43)36(48-9)28(6)38(45)41-30(23-29-18-12-11-13-19-29)37-27(5)17-14-15-22-49-37/h11-13,15,18-19,22,25-26,28,30-32,34-36H,10,14,16-17,20-21,23-24,40H2,1-9H3,(H,41,45). The lowest BCUT2D eigenvalue weighted by Crippen LogP contribution is -2.56. The molecule has 8 unspecified atom stereocenters. The maximum Gasteiger partial charge on any atom is 0.239 e. The van der Waals surface area contributed by atoms with Crippen molar-refractivity contribution in [3.63, 3.8) is 0 Å². The van der Waals surface area contributed by atoms with Crippen LogP contribution in [-0.4, -0.2) is 91.7 Å². The van der Waals surface area contributed by atoms with E-state index in [1.54, 1.807) is 37.9 Å². The van der Waals surface area contributed by atoms with Crippen molar-refractivity contribution < 1.29 is 23.9 Å². The Morgan fingerprint density at radius 1 is 1.10 bits per heavy atom. The van der Waals surface area contributed by atoms with Crippen molar-refractivity contribution in [2.24, 2.45) is 23.5 Å². The second-order valence-electron chi connectivity index (χ2n) is 14.3. The van der Waals surface area contributed by atoms with E-state index in [4.69, 9.17) is 15.2 Å². The Bertz CT molecular complexity index is 1290. The Labute approximate surface area is 299 Å². The molecule has 0 aromatic heterocycles. The summed E-state index contributed by atoms with van der Waals surface area (Å²) in [4.78, 5) is 46.2. The van der Waals surface area contributed by atoms with Crippen LogP contribution in [0.15, 0.2) is 52.3 Å². The first-order valence-corrected chi connectivity index (χ1v) is 19.0. The second-order valence-corrected chi connectivity index (χ2v) is 15.2. The lowest BCUT2D eigenvalue weighted by atomic mass is 9.89. The summed E-state index contributed by atoms with van der Waals surface area (Å²) >= 11 is 1.69. The van der Waals surface area contributed by atoms with Gasteiger partial charge in [-0.1, -0.05) is 83.0 Å². The van der Waals surface area contributed by atoms with Crippen LogP contribution in [0.4, 0.5) is 0 Å². The number of amides is 3. The van der Waals surface area contributed by atoms with Crippen LogP contribution in [0.1, 0.15) is 85.6 Å². The predicted molar refractivity (Wildman–Crippen MR) is 200 cm³/mol. The molecule has 3 amide bonds. The van der Waals surface area contributed by atoms with E-state index in [2.05, 4.69) is 49.7 Å². The van der Waals surface area contributed by atoms with Crippen LogP contribution in [0.2, 0.25) is 0 Å². The molecule has 2 heterocycles. The molecule has 0 aliphatic carbocycles. The quantitative estimate of drug-likeness (QED) is 0.207. The van der Waals surface area contributed by atoms with Crippen molar-refractivity contribution in [2.75, 3.05) is 27.8 Å². The van der Waals surface area contributed by atoms with Crippen LogP contribution < -0.4 is 11.1 Å². The topological polar surface area (TPSA) is 114 Å². The zero-order valence-corrected chi connectivity index (χ0v) is 32.1. The Balaban J connectivity index is 1.80. The van der Waals surface area contributed by atoms with E-state index in [-0.39, 0.29) is 54.1 Å². The molecule has 3 rings (SSSR count). The van der Waals surface area contributed by atoms with Crippen LogP contribution in [0.25, 0.3) is 0 Å². The molecule has 0 saturated carbocycles. The number of ether oxygens (including phenoxy) is 2. The van der Waals surface area contributed by atoms with Gasteiger partial charge in [0.1, 0.15) is 0 Å². The fourth-order valence-electron chi connectivity index (χ4n) is 7.28. The minimum absolute atomic E-state index is 0.0113. The van der Waals surface area contributed by atoms with E-state index in [0.717, 1.165) is 37.7 Å². The highest BCUT2D eigenvalue weighted by atomic mass is 32.2. The minimum atomic E-state index is -0.632. The largest absolute Gasteiger partial charge is 0.379 e. The number of hydrogen-bond donors (Lipinski definition) is 2. The van der Waals surface area contributed by atoms with Gasteiger partial charge in [0.05, 0.1) is 48.7 Å². The molecule has 2 aliphatic rings. The summed E-state index contributed by atoms with van der Waals surface area (Å²) in [6.07, 6.45) is 6.32. The van der Waals surface area contributed by atoms with Crippen LogP contribution in [0.5, 0.6) is 0 Å². The second kappa shape index (κ2) is 19.7. The third-order valence-electron chi connectivity index (χ3n) is 10.6. The SMILES string of the molecule is CCC(C)C(C(CC(=O)N1CCCC1C(OC)C(C)C(=O)NC(Cc1ccccc1)C1=C(C)CCC=CS1)OC)N(C)C(=O)C(N)C(C)C. The summed E-state index contributed by atoms with van der Waals surface area (Å²) in [5, 5.41) is 5.52. The van der Waals surface area contributed by atoms with Gasteiger partial charge >= 0.3 is 0 Å². The highest BCUT2D eigenvalue weighted by Gasteiger charge is 2.42. The van der Waals surface area contributed by atoms with E-state index in [1.165, 1.54) is 10.5 Å². The number of nitrogens with zero attached hydrogens (tertiary/aromatic N) is 2. The summed E-state index contributed by atoms with van der Waals surface area (Å²) in [5.74, 6) is -0.724. The van der Waals surface area contributed by atoms with Crippen molar-refractivity contribution in [2.45, 2.75) is 123 Å². The van der Waals surface area contributed by atoms with Gasteiger partial charge in [0.15, 0.2) is 0 Å². The van der Waals surface area contributed by atoms with E-state index in [1.807, 2.05) is 43.9 Å². The summed E-state index contributed by atoms with van der Waals surface area (Å²) in [7, 11) is 5.00. The monoisotopic (exact) mass is 698 g/mol. The van der Waals surface area contributed by atoms with E-state index >= 15 is 0 Å². The number of allylic oxidation sites excluding steroid dienone is 2. The van der Waals surface area contributed by atoms with Gasteiger partial charge in [0.25, 0.3) is 0 Å². The zero-order chi connectivity index (χ0) is 36.2. The van der Waals surface area contributed by atoms with Gasteiger partial charge in [-0.2, -0.15) is 0 Å². The summed E-state index contributed by atoms with van der Waals surface area (Å²) in [6, 6.07) is 8.87. The average Bonchev–Trinajstić information content (AvgIpc) is 3.48. The molecule has 9 nitrogen and oxygen atoms in total. The molecule has 274 valence electrons. The number of hydrogen-bond acceptors (Lipinski definition) is 7. The average molecular weight is 699 g/mol. The summed E-state index contributed by atoms with van der Waals surface area (Å²) in [6.45, 7) is 12.7. The van der Waals surface area contributed by atoms with Crippen molar-refractivity contribution in [3.8, 4) is 0 Å². The highest BCUT2D eigenvalue weighted by Crippen LogP contribution is 2.33. The van der Waals surface area contributed by atoms with Crippen molar-refractivity contribution in [1.82, 2.24) is 15.1 Å². The molecular weight excluding hydrogens is 637 g/mol. The van der Waals surface area contributed by atoms with E-state index < -0.39 is 24.2 Å². The lowest BCUT2D eigenvalue weighted by Gasteiger charge is -2.40. The number of likely N-dealkylation sites (N-methyl/N-ethyl adjacent to an activating group) is 1. The maximum atomic E-state index is 14.1. The van der Waals surface area contributed by atoms with Gasteiger partial charge in [-0.25, -0.2) is 0 Å². The number of likely N-dealkylation sites (tertiary alicyclic amines) is 1. The predicted octanol–water partition coefficient (Wildman–Crippen LogP) is 5.93. The van der Waals surface area contributed by atoms with Gasteiger partial charge in [-0.15, -0.1) is 11.8 Å². The Hall–Kier alpha value is -2.66. The summed E-state index contributed by atoms with van der Waals surface area (Å²) < 4.78 is 12.0. The van der Waals surface area contributed by atoms with Crippen molar-refractivity contribution >= 4 is 29.5 Å². The molecule has 1 aromatic carbocycles. The zero-order valence-electron chi connectivity index (χ0n) is 31.3. The Morgan fingerprint density at radius 2 is 1.80 bits per heavy atom. The van der Waals surface area contributed by atoms with Crippen LogP contribution >= 0.6 is 11.8 Å². The third kappa shape index (κ3) is 10.7. The molecule has 3 N–H and O–H groups in total. The number of thioether (sulfide) groups is 1. The molecule has 10 heteroatoms. The number of benzene rings is 1. The molecule has 2 aliphatic heterocycles. The molecule has 8 atom stereocenters. The van der Waals surface area contributed by atoms with Gasteiger partial charge < -0.3 is 30.3 Å². The van der Waals surface area contributed by atoms with Gasteiger partial charge in [0.2, 0.25) is 17.7 Å². The number of carbonyl (C=O) groups excluding carboxylic acids is 3. The Morgan fingerprint density at radius 3 is 2.41 bits per heavy atom. The molecule has 1 saturated heterocycles. The number of methoxy groups -OCH3 is 2. The molecule has 49 heavy (non-hydrogen) atoms. The molecule has 0 spiro atoms. The van der Waals surface area contributed by atoms with Gasteiger partial charge in [-0.3, -0.25) is 14.4 Å². The smallest absolute Gasteiger partial charge is 0.239 e. The lowest BCUT2D eigenvalue weighted by molar-refractivity contribution is -0.146. The van der Waals surface area contributed by atoms with Gasteiger partial charge in [-0.05, 0) is 61.8 Å². The van der Waals surface area contributed by atoms with Gasteiger partial charge in [0, 0.05) is 32.7 Å². The van der Waals surface area contributed by atoms with Crippen LogP contribution in [-0.2, 0) is 30.3 Å². The van der Waals surface area contributed by atoms with Crippen molar-refractivity contribution in [3.05, 3.63) is 57.9 Å². The van der Waals surface area contributed by atoms with Crippen molar-refractivity contribution in [1.29, 1.82) is 0 Å². The fourth-order valence-corrected chi connectivity index (χ4v) is 8.27. The number of nitrogens with two attached hydrogens (primary N) is 1. The normalized spacial score (nSPS) is 21.0. The molecule has 0 radical (unpaired) electrons.